The number of aryl methyl sites for hydroxylation is 1. The second-order valence-corrected chi connectivity index (χ2v) is 6.62. The van der Waals surface area contributed by atoms with Gasteiger partial charge in [0.05, 0.1) is 10.0 Å². The molecule has 96 valence electrons. The Balaban J connectivity index is 2.43. The van der Waals surface area contributed by atoms with Gasteiger partial charge in [-0.2, -0.15) is 0 Å². The zero-order chi connectivity index (χ0) is 13.3. The highest BCUT2D eigenvalue weighted by atomic mass is 35.5. The van der Waals surface area contributed by atoms with E-state index in [2.05, 4.69) is 26.0 Å². The molecule has 18 heavy (non-hydrogen) atoms. The second kappa shape index (κ2) is 5.65. The van der Waals surface area contributed by atoms with Crippen molar-refractivity contribution in [3.05, 3.63) is 56.5 Å². The molecule has 2 N–H and O–H groups in total. The van der Waals surface area contributed by atoms with E-state index in [1.54, 1.807) is 0 Å². The monoisotopic (exact) mass is 299 g/mol. The molecule has 0 bridgehead atoms. The fraction of sp³-hybridized carbons (Fsp3) is 0.286. The van der Waals surface area contributed by atoms with Gasteiger partial charge in [0, 0.05) is 11.4 Å². The molecule has 0 amide bonds. The first-order valence-corrected chi connectivity index (χ1v) is 7.82. The minimum atomic E-state index is 0.222. The average Bonchev–Trinajstić information content (AvgIpc) is 2.34. The maximum absolute atomic E-state index is 6.34. The molecular weight excluding hydrogens is 284 g/mol. The highest BCUT2D eigenvalue weighted by Crippen LogP contribution is 2.39. The van der Waals surface area contributed by atoms with Crippen LogP contribution in [0.4, 0.5) is 0 Å². The van der Waals surface area contributed by atoms with E-state index in [0.717, 1.165) is 22.7 Å². The summed E-state index contributed by atoms with van der Waals surface area (Å²) in [6, 6.07) is 3.86. The minimum absolute atomic E-state index is 0.222. The van der Waals surface area contributed by atoms with Gasteiger partial charge in [-0.05, 0) is 41.9 Å². The molecule has 0 aromatic heterocycles. The molecule has 2 rings (SSSR count). The van der Waals surface area contributed by atoms with Crippen molar-refractivity contribution in [2.24, 2.45) is 5.73 Å². The van der Waals surface area contributed by atoms with E-state index in [0.29, 0.717) is 18.6 Å². The number of halogens is 2. The van der Waals surface area contributed by atoms with Crippen LogP contribution in [0.5, 0.6) is 0 Å². The third-order valence-corrected chi connectivity index (χ3v) is 5.03. The van der Waals surface area contributed by atoms with Gasteiger partial charge in [0.15, 0.2) is 0 Å². The Morgan fingerprint density at radius 1 is 1.33 bits per heavy atom. The van der Waals surface area contributed by atoms with Crippen LogP contribution in [-0.2, 0) is 0 Å². The smallest absolute Gasteiger partial charge is 0.0633 e. The fourth-order valence-electron chi connectivity index (χ4n) is 2.24. The molecule has 1 aliphatic heterocycles. The maximum Gasteiger partial charge on any atom is 0.0633 e. The van der Waals surface area contributed by atoms with Crippen LogP contribution in [0.2, 0.25) is 10.0 Å². The Bertz CT molecular complexity index is 535. The lowest BCUT2D eigenvalue weighted by Crippen LogP contribution is -2.05. The molecule has 1 heterocycles. The molecule has 1 aromatic carbocycles. The third-order valence-electron chi connectivity index (χ3n) is 3.25. The van der Waals surface area contributed by atoms with Gasteiger partial charge in [-0.1, -0.05) is 50.8 Å². The van der Waals surface area contributed by atoms with Crippen molar-refractivity contribution in [1.82, 2.24) is 0 Å². The number of rotatable bonds is 2. The highest BCUT2D eigenvalue weighted by molar-refractivity contribution is 7.43. The molecule has 0 radical (unpaired) electrons. The minimum Gasteiger partial charge on any atom is -0.399 e. The summed E-state index contributed by atoms with van der Waals surface area (Å²) in [6.45, 7) is 4.21. The number of allylic oxidation sites excluding steroid dienone is 3. The highest BCUT2D eigenvalue weighted by Gasteiger charge is 2.18. The summed E-state index contributed by atoms with van der Waals surface area (Å²) in [5.41, 5.74) is 10.4. The molecule has 2 atom stereocenters. The molecule has 4 heteroatoms. The van der Waals surface area contributed by atoms with Crippen LogP contribution < -0.4 is 5.73 Å². The standard InChI is InChI=1S/C14H16Cl2NP/c1-8-3-4-11(15)14(16)13(8)9(2)10-5-6-18-12(17)7-10/h3-5,7,9,18H,6,17H2,1-2H3. The van der Waals surface area contributed by atoms with E-state index < -0.39 is 0 Å². The molecular formula is C14H16Cl2NP. The van der Waals surface area contributed by atoms with E-state index in [1.807, 2.05) is 12.1 Å². The zero-order valence-corrected chi connectivity index (χ0v) is 12.9. The quantitative estimate of drug-likeness (QED) is 0.778. The summed E-state index contributed by atoms with van der Waals surface area (Å²) in [6.07, 6.45) is 5.35. The van der Waals surface area contributed by atoms with Crippen molar-refractivity contribution in [3.8, 4) is 0 Å². The van der Waals surface area contributed by atoms with E-state index in [9.17, 15) is 0 Å². The first kappa shape index (κ1) is 13.9. The van der Waals surface area contributed by atoms with Crippen molar-refractivity contribution < 1.29 is 0 Å². The third kappa shape index (κ3) is 2.74. The number of hydrogen-bond donors (Lipinski definition) is 1. The predicted molar refractivity (Wildman–Crippen MR) is 83.1 cm³/mol. The maximum atomic E-state index is 6.34. The summed E-state index contributed by atoms with van der Waals surface area (Å²) in [7, 11) is 0.707. The van der Waals surface area contributed by atoms with Gasteiger partial charge in [0.2, 0.25) is 0 Å². The molecule has 0 saturated heterocycles. The Morgan fingerprint density at radius 2 is 2.06 bits per heavy atom. The number of nitrogens with two attached hydrogens (primary N) is 1. The molecule has 1 aromatic rings. The van der Waals surface area contributed by atoms with Crippen LogP contribution in [0.3, 0.4) is 0 Å². The van der Waals surface area contributed by atoms with Crippen LogP contribution in [0.25, 0.3) is 0 Å². The van der Waals surface area contributed by atoms with Crippen molar-refractivity contribution in [2.45, 2.75) is 19.8 Å². The van der Waals surface area contributed by atoms with Crippen LogP contribution in [0.1, 0.15) is 24.0 Å². The zero-order valence-electron chi connectivity index (χ0n) is 10.4. The molecule has 0 fully saturated rings. The van der Waals surface area contributed by atoms with Crippen molar-refractivity contribution in [2.75, 3.05) is 6.16 Å². The van der Waals surface area contributed by atoms with Gasteiger partial charge in [-0.3, -0.25) is 0 Å². The van der Waals surface area contributed by atoms with E-state index >= 15 is 0 Å². The van der Waals surface area contributed by atoms with Crippen LogP contribution in [0, 0.1) is 6.92 Å². The number of hydrogen-bond acceptors (Lipinski definition) is 1. The van der Waals surface area contributed by atoms with Gasteiger partial charge < -0.3 is 5.73 Å². The second-order valence-electron chi connectivity index (χ2n) is 4.50. The van der Waals surface area contributed by atoms with E-state index in [-0.39, 0.29) is 5.92 Å². The first-order chi connectivity index (χ1) is 8.50. The summed E-state index contributed by atoms with van der Waals surface area (Å²) >= 11 is 12.4. The van der Waals surface area contributed by atoms with E-state index in [4.69, 9.17) is 28.9 Å². The molecule has 1 nitrogen and oxygen atoms in total. The summed E-state index contributed by atoms with van der Waals surface area (Å²) < 4.78 is 0. The van der Waals surface area contributed by atoms with Crippen LogP contribution in [0.15, 0.2) is 35.3 Å². The van der Waals surface area contributed by atoms with E-state index in [1.165, 1.54) is 5.57 Å². The summed E-state index contributed by atoms with van der Waals surface area (Å²) in [4.78, 5) is 0. The lowest BCUT2D eigenvalue weighted by atomic mass is 9.89. The summed E-state index contributed by atoms with van der Waals surface area (Å²) in [5.74, 6) is 0.222. The van der Waals surface area contributed by atoms with Gasteiger partial charge in [-0.15, -0.1) is 0 Å². The van der Waals surface area contributed by atoms with Gasteiger partial charge >= 0.3 is 0 Å². The Kier molecular flexibility index (Phi) is 4.37. The SMILES string of the molecule is Cc1ccc(Cl)c(Cl)c1C(C)C1=CCPC(N)=C1. The molecule has 2 unspecified atom stereocenters. The van der Waals surface area contributed by atoms with Crippen LogP contribution in [-0.4, -0.2) is 6.16 Å². The van der Waals surface area contributed by atoms with Gasteiger partial charge in [0.1, 0.15) is 0 Å². The lowest BCUT2D eigenvalue weighted by Gasteiger charge is -2.21. The molecule has 1 aliphatic rings. The average molecular weight is 300 g/mol. The first-order valence-electron chi connectivity index (χ1n) is 5.86. The van der Waals surface area contributed by atoms with Gasteiger partial charge in [0.25, 0.3) is 0 Å². The predicted octanol–water partition coefficient (Wildman–Crippen LogP) is 4.82. The topological polar surface area (TPSA) is 26.0 Å². The van der Waals surface area contributed by atoms with Crippen molar-refractivity contribution >= 4 is 31.8 Å². The van der Waals surface area contributed by atoms with Crippen molar-refractivity contribution in [3.63, 3.8) is 0 Å². The normalized spacial score (nSPS) is 18.4. The lowest BCUT2D eigenvalue weighted by molar-refractivity contribution is 0.904. The molecule has 0 spiro atoms. The Labute approximate surface area is 120 Å². The van der Waals surface area contributed by atoms with Crippen molar-refractivity contribution in [1.29, 1.82) is 0 Å². The Hall–Kier alpha value is -0.490. The summed E-state index contributed by atoms with van der Waals surface area (Å²) in [5, 5.41) is 1.27. The number of benzene rings is 1. The van der Waals surface area contributed by atoms with Gasteiger partial charge in [-0.25, -0.2) is 0 Å². The Morgan fingerprint density at radius 3 is 2.72 bits per heavy atom. The van der Waals surface area contributed by atoms with Crippen LogP contribution >= 0.6 is 31.8 Å². The largest absolute Gasteiger partial charge is 0.399 e. The molecule has 0 aliphatic carbocycles. The fourth-order valence-corrected chi connectivity index (χ4v) is 3.62. The molecule has 0 saturated carbocycles.